The summed E-state index contributed by atoms with van der Waals surface area (Å²) in [5.74, 6) is 0.879. The third-order valence-corrected chi connectivity index (χ3v) is 5.43. The zero-order valence-electron chi connectivity index (χ0n) is 19.3. The first-order valence-corrected chi connectivity index (χ1v) is 12.9. The average molecular weight is 504 g/mol. The highest BCUT2D eigenvalue weighted by Crippen LogP contribution is 2.35. The van der Waals surface area contributed by atoms with Gasteiger partial charge in [0.2, 0.25) is 0 Å². The zero-order chi connectivity index (χ0) is 25.0. The minimum atomic E-state index is -4.64. The number of halogens is 1. The van der Waals surface area contributed by atoms with Crippen molar-refractivity contribution in [2.24, 2.45) is 0 Å². The minimum Gasteiger partial charge on any atom is -0.492 e. The highest BCUT2D eigenvalue weighted by atomic mass is 35.5. The molecule has 0 saturated carbocycles. The van der Waals surface area contributed by atoms with Crippen LogP contribution in [0.2, 0.25) is 0 Å². The van der Waals surface area contributed by atoms with Crippen LogP contribution in [0.1, 0.15) is 30.5 Å². The molecule has 3 aromatic rings. The fourth-order valence-electron chi connectivity index (χ4n) is 3.30. The summed E-state index contributed by atoms with van der Waals surface area (Å²) in [4.78, 5) is 23.9. The second-order valence-corrected chi connectivity index (χ2v) is 8.74. The van der Waals surface area contributed by atoms with Gasteiger partial charge in [0.25, 0.3) is 0 Å². The van der Waals surface area contributed by atoms with E-state index in [1.54, 1.807) is 0 Å². The molecule has 0 amide bonds. The van der Waals surface area contributed by atoms with Crippen LogP contribution in [0, 0.1) is 0 Å². The Morgan fingerprint density at radius 2 is 1.24 bits per heavy atom. The summed E-state index contributed by atoms with van der Waals surface area (Å²) in [7, 11) is -4.64. The van der Waals surface area contributed by atoms with Gasteiger partial charge in [0.15, 0.2) is 0 Å². The van der Waals surface area contributed by atoms with Crippen LogP contribution in [-0.2, 0) is 4.57 Å². The largest absolute Gasteiger partial charge is 0.492 e. The highest BCUT2D eigenvalue weighted by molar-refractivity contribution is 7.45. The topological polar surface area (TPSA) is 90.2 Å². The highest BCUT2D eigenvalue weighted by Gasteiger charge is 2.12. The molecule has 0 spiro atoms. The van der Waals surface area contributed by atoms with Gasteiger partial charge in [-0.05, 0) is 41.9 Å². The summed E-state index contributed by atoms with van der Waals surface area (Å²) in [6, 6.07) is 28.6. The van der Waals surface area contributed by atoms with Gasteiger partial charge >= 0.3 is 7.82 Å². The van der Waals surface area contributed by atoms with E-state index in [4.69, 9.17) is 35.6 Å². The van der Waals surface area contributed by atoms with Crippen molar-refractivity contribution >= 4 is 30.0 Å². The molecule has 8 heteroatoms. The van der Waals surface area contributed by atoms with Gasteiger partial charge in [-0.2, -0.15) is 0 Å². The van der Waals surface area contributed by atoms with Crippen LogP contribution in [0.15, 0.2) is 84.9 Å². The number of rotatable bonds is 9. The predicted molar refractivity (Wildman–Crippen MR) is 139 cm³/mol. The lowest BCUT2D eigenvalue weighted by Gasteiger charge is -2.18. The fraction of sp³-hybridized carbons (Fsp3) is 0.231. The molecule has 0 aromatic heterocycles. The lowest BCUT2D eigenvalue weighted by molar-refractivity contribution is 0.223. The van der Waals surface area contributed by atoms with Gasteiger partial charge in [-0.15, -0.1) is 0 Å². The van der Waals surface area contributed by atoms with Gasteiger partial charge in [-0.3, -0.25) is 0 Å². The standard InChI is InChI=1S/C26H28ClNO.H3O4P/c1-3-28(4-2)19-20-29-24-17-15-22(16-18-24)25(21-11-7-5-8-12-21)26(27)23-13-9-6-10-14-23;1-5(2,3)4/h5-18H,3-4,19-20H2,1-2H3;(H3,1,2,3,4)/b26-25-;. The van der Waals surface area contributed by atoms with Gasteiger partial charge in [0.05, 0.1) is 5.03 Å². The number of nitrogens with zero attached hydrogens (tertiary/aromatic N) is 1. The zero-order valence-corrected chi connectivity index (χ0v) is 21.0. The Bertz CT molecular complexity index is 1060. The molecule has 0 aliphatic rings. The van der Waals surface area contributed by atoms with Crippen molar-refractivity contribution in [1.82, 2.24) is 4.90 Å². The van der Waals surface area contributed by atoms with E-state index in [2.05, 4.69) is 43.0 Å². The first kappa shape index (κ1) is 27.8. The molecule has 0 aliphatic carbocycles. The molecule has 0 heterocycles. The first-order chi connectivity index (χ1) is 16.2. The Labute approximate surface area is 206 Å². The maximum absolute atomic E-state index is 8.88. The van der Waals surface area contributed by atoms with Crippen LogP contribution < -0.4 is 4.74 Å². The van der Waals surface area contributed by atoms with E-state index in [9.17, 15) is 0 Å². The van der Waals surface area contributed by atoms with Crippen LogP contribution in [-0.4, -0.2) is 45.8 Å². The molecule has 3 rings (SSSR count). The van der Waals surface area contributed by atoms with Gasteiger partial charge in [-0.25, -0.2) is 4.57 Å². The van der Waals surface area contributed by atoms with Crippen molar-refractivity contribution < 1.29 is 24.0 Å². The third-order valence-electron chi connectivity index (χ3n) is 5.02. The molecular weight excluding hydrogens is 473 g/mol. The molecule has 6 nitrogen and oxygen atoms in total. The summed E-state index contributed by atoms with van der Waals surface area (Å²) >= 11 is 6.87. The SMILES string of the molecule is CCN(CC)CCOc1ccc(/C(=C(\Cl)c2ccccc2)c2ccccc2)cc1.O=P(O)(O)O. The summed E-state index contributed by atoms with van der Waals surface area (Å²) in [5, 5.41) is 0.743. The number of ether oxygens (including phenoxy) is 1. The molecule has 0 atom stereocenters. The normalized spacial score (nSPS) is 12.0. The number of hydrogen-bond acceptors (Lipinski definition) is 3. The van der Waals surface area contributed by atoms with Crippen LogP contribution in [0.25, 0.3) is 10.6 Å². The Morgan fingerprint density at radius 3 is 1.71 bits per heavy atom. The fourth-order valence-corrected chi connectivity index (χ4v) is 3.65. The summed E-state index contributed by atoms with van der Waals surface area (Å²) < 4.78 is 14.8. The minimum absolute atomic E-state index is 0.688. The summed E-state index contributed by atoms with van der Waals surface area (Å²) in [6.45, 7) is 8.05. The molecule has 0 radical (unpaired) electrons. The molecule has 0 unspecified atom stereocenters. The lowest BCUT2D eigenvalue weighted by atomic mass is 9.95. The lowest BCUT2D eigenvalue weighted by Crippen LogP contribution is -2.27. The number of benzene rings is 3. The van der Waals surface area contributed by atoms with Crippen molar-refractivity contribution in [2.75, 3.05) is 26.2 Å². The van der Waals surface area contributed by atoms with Crippen molar-refractivity contribution in [3.8, 4) is 5.75 Å². The predicted octanol–water partition coefficient (Wildman–Crippen LogP) is 5.63. The average Bonchev–Trinajstić information content (AvgIpc) is 2.83. The van der Waals surface area contributed by atoms with E-state index in [0.29, 0.717) is 6.61 Å². The van der Waals surface area contributed by atoms with Crippen LogP contribution in [0.5, 0.6) is 5.75 Å². The monoisotopic (exact) mass is 503 g/mol. The Hall–Kier alpha value is -2.44. The van der Waals surface area contributed by atoms with Gasteiger partial charge in [0.1, 0.15) is 12.4 Å². The molecule has 0 aliphatic heterocycles. The second kappa shape index (κ2) is 14.1. The van der Waals surface area contributed by atoms with E-state index in [1.165, 1.54) is 0 Å². The van der Waals surface area contributed by atoms with Crippen LogP contribution >= 0.6 is 19.4 Å². The van der Waals surface area contributed by atoms with Crippen LogP contribution in [0.3, 0.4) is 0 Å². The molecule has 0 saturated heterocycles. The van der Waals surface area contributed by atoms with E-state index < -0.39 is 7.82 Å². The third kappa shape index (κ3) is 9.82. The summed E-state index contributed by atoms with van der Waals surface area (Å²) in [6.07, 6.45) is 0. The molecule has 182 valence electrons. The molecule has 0 bridgehead atoms. The van der Waals surface area contributed by atoms with Crippen molar-refractivity contribution in [3.05, 3.63) is 102 Å². The molecule has 0 fully saturated rings. The smallest absolute Gasteiger partial charge is 0.466 e. The van der Waals surface area contributed by atoms with Gasteiger partial charge < -0.3 is 24.3 Å². The Balaban J connectivity index is 0.000000739. The Morgan fingerprint density at radius 1 is 0.794 bits per heavy atom. The first-order valence-electron chi connectivity index (χ1n) is 11.0. The van der Waals surface area contributed by atoms with Crippen molar-refractivity contribution in [3.63, 3.8) is 0 Å². The molecule has 34 heavy (non-hydrogen) atoms. The molecule has 3 aromatic carbocycles. The van der Waals surface area contributed by atoms with E-state index in [-0.39, 0.29) is 0 Å². The maximum Gasteiger partial charge on any atom is 0.466 e. The Kier molecular flexibility index (Phi) is 11.5. The molecule has 3 N–H and O–H groups in total. The van der Waals surface area contributed by atoms with Crippen molar-refractivity contribution in [1.29, 1.82) is 0 Å². The van der Waals surface area contributed by atoms with E-state index in [0.717, 1.165) is 52.7 Å². The van der Waals surface area contributed by atoms with E-state index >= 15 is 0 Å². The van der Waals surface area contributed by atoms with Crippen molar-refractivity contribution in [2.45, 2.75) is 13.8 Å². The van der Waals surface area contributed by atoms with Crippen LogP contribution in [0.4, 0.5) is 0 Å². The second-order valence-electron chi connectivity index (χ2n) is 7.33. The maximum atomic E-state index is 8.88. The van der Waals surface area contributed by atoms with Gasteiger partial charge in [-0.1, -0.05) is 98.2 Å². The molecular formula is C26H31ClNO5P. The van der Waals surface area contributed by atoms with E-state index in [1.807, 2.05) is 60.7 Å². The van der Waals surface area contributed by atoms with Gasteiger partial charge in [0, 0.05) is 12.1 Å². The summed E-state index contributed by atoms with van der Waals surface area (Å²) in [5.41, 5.74) is 4.19. The number of phosphoric acid groups is 1. The number of likely N-dealkylation sites (N-methyl/N-ethyl adjacent to an activating group) is 1. The quantitative estimate of drug-likeness (QED) is 0.259. The number of hydrogen-bond donors (Lipinski definition) is 3.